The molecule has 2 aromatic carbocycles. The Morgan fingerprint density at radius 3 is 1.60 bits per heavy atom. The topological polar surface area (TPSA) is 361 Å². The molecule has 0 spiro atoms. The number of carbonyl (C=O) groups is 10. The van der Waals surface area contributed by atoms with Crippen molar-refractivity contribution >= 4 is 94.4 Å². The number of rotatable bonds is 33. The third-order valence-electron chi connectivity index (χ3n) is 13.6. The van der Waals surface area contributed by atoms with Crippen LogP contribution in [0.15, 0.2) is 54.7 Å². The van der Waals surface area contributed by atoms with E-state index in [-0.39, 0.29) is 42.6 Å². The van der Waals surface area contributed by atoms with Crippen molar-refractivity contribution < 1.29 is 58.2 Å². The van der Waals surface area contributed by atoms with Crippen LogP contribution in [0.4, 0.5) is 0 Å². The summed E-state index contributed by atoms with van der Waals surface area (Å²) in [5, 5.41) is 44.0. The monoisotopic (exact) mass is 1170 g/mol. The van der Waals surface area contributed by atoms with E-state index in [1.54, 1.807) is 47.1 Å². The number of amides is 9. The predicted molar refractivity (Wildman–Crippen MR) is 314 cm³/mol. The Hall–Kier alpha value is -6.86. The van der Waals surface area contributed by atoms with Crippen LogP contribution in [0.25, 0.3) is 10.9 Å². The first-order chi connectivity index (χ1) is 38.1. The SMILES string of the molecule is CC[C@H](C)[C@H](NC(=O)[C@@H](N)CC(C)C)C(=O)N[C@@H](CS)C(=O)N[C@@H](Cc1c[nH]c2ccccc12)C(=O)N[C@H](C(=O)N[C@H](C(=O)N[C@@H](C)C(=O)N[C@@H](CCSC)C(=O)N[C@@H](C)C(=O)N[C@@H](Cc1ccc(O)cc1)C(=O)O)C(C)C)C(C)C. The van der Waals surface area contributed by atoms with Crippen molar-refractivity contribution in [3.63, 3.8) is 0 Å². The number of thiol groups is 1. The first-order valence-electron chi connectivity index (χ1n) is 27.3. The Morgan fingerprint density at radius 2 is 1.06 bits per heavy atom. The molecule has 0 saturated carbocycles. The fourth-order valence-electron chi connectivity index (χ4n) is 8.52. The second-order valence-corrected chi connectivity index (χ2v) is 22.9. The average Bonchev–Trinajstić information content (AvgIpc) is 3.87. The minimum Gasteiger partial charge on any atom is -0.508 e. The van der Waals surface area contributed by atoms with Crippen molar-refractivity contribution in [2.75, 3.05) is 17.8 Å². The molecule has 0 aliphatic heterocycles. The smallest absolute Gasteiger partial charge is 0.326 e. The molecule has 0 aliphatic rings. The van der Waals surface area contributed by atoms with Gasteiger partial charge in [0.15, 0.2) is 0 Å². The zero-order valence-electron chi connectivity index (χ0n) is 48.1. The largest absolute Gasteiger partial charge is 0.508 e. The van der Waals surface area contributed by atoms with Gasteiger partial charge in [0.1, 0.15) is 60.1 Å². The number of phenolic OH excluding ortho intramolecular Hbond substituents is 1. The highest BCUT2D eigenvalue weighted by molar-refractivity contribution is 7.98. The fourth-order valence-corrected chi connectivity index (χ4v) is 9.24. The normalized spacial score (nSPS) is 15.5. The Balaban J connectivity index is 1.77. The Labute approximate surface area is 483 Å². The molecule has 23 nitrogen and oxygen atoms in total. The maximum Gasteiger partial charge on any atom is 0.326 e. The van der Waals surface area contributed by atoms with Crippen LogP contribution in [-0.4, -0.2) is 153 Å². The van der Waals surface area contributed by atoms with E-state index in [4.69, 9.17) is 5.73 Å². The predicted octanol–water partition coefficient (Wildman–Crippen LogP) is 1.56. The Morgan fingerprint density at radius 1 is 0.580 bits per heavy atom. The molecule has 25 heteroatoms. The molecular weight excluding hydrogens is 1080 g/mol. The van der Waals surface area contributed by atoms with Crippen LogP contribution in [0.5, 0.6) is 5.75 Å². The molecule has 0 radical (unpaired) electrons. The second kappa shape index (κ2) is 33.2. The Bertz CT molecular complexity index is 2630. The van der Waals surface area contributed by atoms with Crippen molar-refractivity contribution in [3.05, 3.63) is 65.9 Å². The molecule has 0 bridgehead atoms. The molecular formula is C56H85N11O12S2. The van der Waals surface area contributed by atoms with Crippen LogP contribution in [-0.2, 0) is 60.8 Å². The van der Waals surface area contributed by atoms with E-state index in [2.05, 4.69) is 65.5 Å². The molecule has 448 valence electrons. The van der Waals surface area contributed by atoms with Gasteiger partial charge in [0.25, 0.3) is 0 Å². The summed E-state index contributed by atoms with van der Waals surface area (Å²) in [6, 6.07) is 1.03. The molecule has 0 unspecified atom stereocenters. The molecule has 1 aromatic heterocycles. The zero-order valence-corrected chi connectivity index (χ0v) is 49.8. The molecule has 3 rings (SSSR count). The standard InChI is InChI=1S/C56H85N11O12S2/c1-12-31(8)46(67-49(71)38(57)23-28(2)3)55(77)64-43(27-80)52(74)62-41(25-35-26-58-39-16-14-13-15-37(35)39)51(73)65-45(30(6)7)54(76)66-44(29(4)5)53(75)60-33(10)47(69)61-40(21-22-81-11)50(72)59-32(9)48(70)63-42(56(78)79)24-34-17-19-36(68)20-18-34/h13-20,26,28-33,38,40-46,58,68,80H,12,21-25,27,57H2,1-11H3,(H,59,72)(H,60,75)(H,61,69)(H,62,74)(H,63,70)(H,64,77)(H,65,73)(H,66,76)(H,67,71)(H,78,79)/t31-,32-,33-,38-,40-,41-,42-,43-,44-,45-,46-/m0/s1. The molecule has 9 amide bonds. The van der Waals surface area contributed by atoms with Crippen molar-refractivity contribution in [2.45, 2.75) is 162 Å². The van der Waals surface area contributed by atoms with Crippen LogP contribution < -0.4 is 53.6 Å². The molecule has 0 aliphatic carbocycles. The van der Waals surface area contributed by atoms with Gasteiger partial charge in [-0.15, -0.1) is 0 Å². The Kier molecular flexibility index (Phi) is 28.0. The van der Waals surface area contributed by atoms with E-state index < -0.39 is 131 Å². The highest BCUT2D eigenvalue weighted by Crippen LogP contribution is 2.20. The summed E-state index contributed by atoms with van der Waals surface area (Å²) in [4.78, 5) is 139. The number of aliphatic carboxylic acids is 1. The number of H-pyrrole nitrogens is 1. The van der Waals surface area contributed by atoms with E-state index in [9.17, 15) is 58.2 Å². The number of aromatic hydroxyl groups is 1. The summed E-state index contributed by atoms with van der Waals surface area (Å²) in [5.41, 5.74) is 8.08. The third-order valence-corrected chi connectivity index (χ3v) is 14.6. The summed E-state index contributed by atoms with van der Waals surface area (Å²) >= 11 is 5.75. The number of nitrogens with two attached hydrogens (primary N) is 1. The molecule has 0 saturated heterocycles. The van der Waals surface area contributed by atoms with Gasteiger partial charge in [0.05, 0.1) is 6.04 Å². The van der Waals surface area contributed by atoms with Crippen LogP contribution in [0.3, 0.4) is 0 Å². The number of aromatic amines is 1. The lowest BCUT2D eigenvalue weighted by atomic mass is 9.96. The number of carboxylic acids is 1. The number of fused-ring (bicyclic) bond motifs is 1. The third kappa shape index (κ3) is 21.5. The highest BCUT2D eigenvalue weighted by atomic mass is 32.2. The quantitative estimate of drug-likeness (QED) is 0.0385. The van der Waals surface area contributed by atoms with Gasteiger partial charge in [0, 0.05) is 35.7 Å². The van der Waals surface area contributed by atoms with Crippen LogP contribution in [0, 0.1) is 23.7 Å². The van der Waals surface area contributed by atoms with E-state index >= 15 is 0 Å². The van der Waals surface area contributed by atoms with Gasteiger partial charge in [-0.1, -0.05) is 92.1 Å². The van der Waals surface area contributed by atoms with Gasteiger partial charge in [-0.2, -0.15) is 24.4 Å². The summed E-state index contributed by atoms with van der Waals surface area (Å²) in [6.07, 6.45) is 4.32. The van der Waals surface area contributed by atoms with E-state index in [0.717, 1.165) is 10.9 Å². The molecule has 3 aromatic rings. The van der Waals surface area contributed by atoms with E-state index in [0.29, 0.717) is 29.7 Å². The van der Waals surface area contributed by atoms with Crippen molar-refractivity contribution in [3.8, 4) is 5.75 Å². The van der Waals surface area contributed by atoms with Crippen LogP contribution >= 0.6 is 24.4 Å². The number of hydrogen-bond acceptors (Lipinski definition) is 14. The summed E-state index contributed by atoms with van der Waals surface area (Å²) < 4.78 is 0. The highest BCUT2D eigenvalue weighted by Gasteiger charge is 2.37. The number of aromatic nitrogens is 1. The summed E-state index contributed by atoms with van der Waals surface area (Å²) in [5.74, 6) is -9.03. The number of carbonyl (C=O) groups excluding carboxylic acids is 9. The summed E-state index contributed by atoms with van der Waals surface area (Å²) in [7, 11) is 0. The van der Waals surface area contributed by atoms with Gasteiger partial charge in [-0.25, -0.2) is 4.79 Å². The van der Waals surface area contributed by atoms with Crippen LogP contribution in [0.1, 0.15) is 99.6 Å². The van der Waals surface area contributed by atoms with Gasteiger partial charge < -0.3 is 68.8 Å². The van der Waals surface area contributed by atoms with Crippen molar-refractivity contribution in [1.29, 1.82) is 0 Å². The number of thioether (sulfide) groups is 1. The molecule has 1 heterocycles. The maximum atomic E-state index is 14.5. The van der Waals surface area contributed by atoms with Crippen molar-refractivity contribution in [2.24, 2.45) is 29.4 Å². The number of para-hydroxylation sites is 1. The molecule has 14 N–H and O–H groups in total. The zero-order chi connectivity index (χ0) is 60.8. The number of hydrogen-bond donors (Lipinski definition) is 14. The average molecular weight is 1170 g/mol. The van der Waals surface area contributed by atoms with Gasteiger partial charge in [-0.05, 0) is 91.7 Å². The van der Waals surface area contributed by atoms with Gasteiger partial charge >= 0.3 is 5.97 Å². The minimum absolute atomic E-state index is 0.0173. The van der Waals surface area contributed by atoms with Crippen molar-refractivity contribution in [1.82, 2.24) is 52.8 Å². The minimum atomic E-state index is -1.36. The maximum absolute atomic E-state index is 14.5. The van der Waals surface area contributed by atoms with Gasteiger partial charge in [-0.3, -0.25) is 43.2 Å². The fraction of sp³-hybridized carbons (Fsp3) is 0.571. The van der Waals surface area contributed by atoms with Gasteiger partial charge in [0.2, 0.25) is 53.2 Å². The first kappa shape index (κ1) is 68.4. The molecule has 81 heavy (non-hydrogen) atoms. The number of carboxylic acid groups (broad SMARTS) is 1. The van der Waals surface area contributed by atoms with Crippen LogP contribution in [0.2, 0.25) is 0 Å². The number of phenols is 1. The molecule has 0 fully saturated rings. The molecule has 11 atom stereocenters. The first-order valence-corrected chi connectivity index (χ1v) is 29.3. The van der Waals surface area contributed by atoms with E-state index in [1.807, 2.05) is 45.0 Å². The lowest BCUT2D eigenvalue weighted by Gasteiger charge is -2.30. The summed E-state index contributed by atoms with van der Waals surface area (Å²) in [6.45, 7) is 16.9. The van der Waals surface area contributed by atoms with E-state index in [1.165, 1.54) is 49.9 Å². The number of benzene rings is 2. The lowest BCUT2D eigenvalue weighted by Crippen LogP contribution is -2.62. The number of nitrogens with one attached hydrogen (secondary N) is 10. The lowest BCUT2D eigenvalue weighted by molar-refractivity contribution is -0.142. The second-order valence-electron chi connectivity index (χ2n) is 21.5.